The molecule has 0 radical (unpaired) electrons. The van der Waals surface area contributed by atoms with Gasteiger partial charge in [-0.3, -0.25) is 0 Å². The summed E-state index contributed by atoms with van der Waals surface area (Å²) in [5.74, 6) is 0.101. The number of benzene rings is 1. The molecule has 18 heavy (non-hydrogen) atoms. The van der Waals surface area contributed by atoms with Crippen LogP contribution in [-0.4, -0.2) is 37.4 Å². The van der Waals surface area contributed by atoms with Gasteiger partial charge in [0.25, 0.3) is 0 Å². The lowest BCUT2D eigenvalue weighted by molar-refractivity contribution is 0.0696. The Balaban J connectivity index is 2.13. The summed E-state index contributed by atoms with van der Waals surface area (Å²) in [6.07, 6.45) is 2.06. The van der Waals surface area contributed by atoms with Gasteiger partial charge in [0.15, 0.2) is 11.5 Å². The molecule has 0 bridgehead atoms. The fraction of sp³-hybridized carbons (Fsp3) is 0.462. The van der Waals surface area contributed by atoms with Crippen LogP contribution in [0.25, 0.3) is 0 Å². The molecule has 1 heterocycles. The molecule has 0 saturated carbocycles. The number of hydrogen-bond donors (Lipinski definition) is 2. The number of carboxylic acids is 1. The van der Waals surface area contributed by atoms with Crippen LogP contribution in [-0.2, 0) is 0 Å². The van der Waals surface area contributed by atoms with Crippen LogP contribution in [0, 0.1) is 0 Å². The van der Waals surface area contributed by atoms with Crippen molar-refractivity contribution in [2.75, 3.05) is 20.2 Å². The molecule has 1 aromatic carbocycles. The van der Waals surface area contributed by atoms with Crippen molar-refractivity contribution in [3.8, 4) is 11.5 Å². The molecule has 0 spiro atoms. The summed E-state index contributed by atoms with van der Waals surface area (Å²) in [6.45, 7) is 1.89. The summed E-state index contributed by atoms with van der Waals surface area (Å²) in [5, 5.41) is 12.2. The first-order valence-electron chi connectivity index (χ1n) is 5.99. The lowest BCUT2D eigenvalue weighted by atomic mass is 10.1. The average Bonchev–Trinajstić information content (AvgIpc) is 2.40. The minimum Gasteiger partial charge on any atom is -0.493 e. The Morgan fingerprint density at radius 3 is 2.67 bits per heavy atom. The topological polar surface area (TPSA) is 67.8 Å². The van der Waals surface area contributed by atoms with Crippen LogP contribution in [0.3, 0.4) is 0 Å². The molecule has 1 aromatic rings. The number of piperidine rings is 1. The molecule has 1 fully saturated rings. The molecule has 1 aliphatic rings. The smallest absolute Gasteiger partial charge is 0.335 e. The first-order valence-corrected chi connectivity index (χ1v) is 5.99. The van der Waals surface area contributed by atoms with Gasteiger partial charge in [0, 0.05) is 0 Å². The van der Waals surface area contributed by atoms with E-state index in [1.54, 1.807) is 6.07 Å². The van der Waals surface area contributed by atoms with Gasteiger partial charge in [-0.1, -0.05) is 0 Å². The summed E-state index contributed by atoms with van der Waals surface area (Å²) < 4.78 is 11.0. The molecule has 98 valence electrons. The van der Waals surface area contributed by atoms with E-state index in [0.29, 0.717) is 11.5 Å². The second-order valence-electron chi connectivity index (χ2n) is 4.24. The predicted molar refractivity (Wildman–Crippen MR) is 66.5 cm³/mol. The highest BCUT2D eigenvalue weighted by Crippen LogP contribution is 2.30. The van der Waals surface area contributed by atoms with E-state index >= 15 is 0 Å². The van der Waals surface area contributed by atoms with Gasteiger partial charge >= 0.3 is 5.97 Å². The summed E-state index contributed by atoms with van der Waals surface area (Å²) in [5.41, 5.74) is 0.199. The molecule has 2 rings (SSSR count). The molecule has 1 aliphatic heterocycles. The first-order chi connectivity index (χ1) is 8.70. The second kappa shape index (κ2) is 5.73. The fourth-order valence-corrected chi connectivity index (χ4v) is 1.99. The van der Waals surface area contributed by atoms with Crippen LogP contribution in [0.15, 0.2) is 18.2 Å². The highest BCUT2D eigenvalue weighted by Gasteiger charge is 2.17. The van der Waals surface area contributed by atoms with Crippen molar-refractivity contribution in [1.82, 2.24) is 5.32 Å². The number of carbonyl (C=O) groups is 1. The molecular weight excluding hydrogens is 234 g/mol. The van der Waals surface area contributed by atoms with Crippen molar-refractivity contribution < 1.29 is 19.4 Å². The molecule has 5 nitrogen and oxygen atoms in total. The maximum atomic E-state index is 10.9. The fourth-order valence-electron chi connectivity index (χ4n) is 1.99. The summed E-state index contributed by atoms with van der Waals surface area (Å²) in [7, 11) is 1.51. The Morgan fingerprint density at radius 1 is 1.33 bits per heavy atom. The molecule has 0 amide bonds. The number of nitrogens with one attached hydrogen (secondary N) is 1. The average molecular weight is 251 g/mol. The van der Waals surface area contributed by atoms with Crippen molar-refractivity contribution in [2.24, 2.45) is 0 Å². The Labute approximate surface area is 106 Å². The van der Waals surface area contributed by atoms with Crippen LogP contribution >= 0.6 is 0 Å². The molecule has 0 aliphatic carbocycles. The van der Waals surface area contributed by atoms with Crippen molar-refractivity contribution >= 4 is 5.97 Å². The van der Waals surface area contributed by atoms with E-state index in [4.69, 9.17) is 14.6 Å². The molecule has 2 N–H and O–H groups in total. The zero-order valence-electron chi connectivity index (χ0n) is 10.3. The highest BCUT2D eigenvalue weighted by atomic mass is 16.5. The quantitative estimate of drug-likeness (QED) is 0.849. The van der Waals surface area contributed by atoms with Crippen LogP contribution in [0.1, 0.15) is 23.2 Å². The van der Waals surface area contributed by atoms with Crippen LogP contribution in [0.4, 0.5) is 0 Å². The number of methoxy groups -OCH3 is 1. The van der Waals surface area contributed by atoms with Crippen LogP contribution in [0.2, 0.25) is 0 Å². The maximum Gasteiger partial charge on any atom is 0.335 e. The van der Waals surface area contributed by atoms with E-state index in [1.165, 1.54) is 19.2 Å². The Bertz CT molecular complexity index is 427. The number of hydrogen-bond acceptors (Lipinski definition) is 4. The standard InChI is InChI=1S/C13H17NO4/c1-17-12-8-9(13(15)16)2-3-11(12)18-10-4-6-14-7-5-10/h2-3,8,10,14H,4-7H2,1H3,(H,15,16). The Hall–Kier alpha value is -1.75. The van der Waals surface area contributed by atoms with E-state index in [9.17, 15) is 4.79 Å². The molecule has 0 unspecified atom stereocenters. The van der Waals surface area contributed by atoms with Crippen molar-refractivity contribution in [1.29, 1.82) is 0 Å². The number of aromatic carboxylic acids is 1. The summed E-state index contributed by atoms with van der Waals surface area (Å²) in [6, 6.07) is 4.67. The van der Waals surface area contributed by atoms with Gasteiger partial charge in [-0.2, -0.15) is 0 Å². The Morgan fingerprint density at radius 2 is 2.06 bits per heavy atom. The van der Waals surface area contributed by atoms with E-state index in [2.05, 4.69) is 5.32 Å². The van der Waals surface area contributed by atoms with Crippen molar-refractivity contribution in [3.63, 3.8) is 0 Å². The minimum absolute atomic E-state index is 0.163. The van der Waals surface area contributed by atoms with Crippen molar-refractivity contribution in [2.45, 2.75) is 18.9 Å². The minimum atomic E-state index is -0.971. The third kappa shape index (κ3) is 2.92. The third-order valence-corrected chi connectivity index (χ3v) is 2.99. The SMILES string of the molecule is COc1cc(C(=O)O)ccc1OC1CCNCC1. The lowest BCUT2D eigenvalue weighted by Crippen LogP contribution is -2.34. The Kier molecular flexibility index (Phi) is 4.04. The van der Waals surface area contributed by atoms with Gasteiger partial charge in [0.05, 0.1) is 12.7 Å². The number of rotatable bonds is 4. The molecule has 1 saturated heterocycles. The van der Waals surface area contributed by atoms with Crippen LogP contribution in [0.5, 0.6) is 11.5 Å². The maximum absolute atomic E-state index is 10.9. The number of carboxylic acid groups (broad SMARTS) is 1. The monoisotopic (exact) mass is 251 g/mol. The van der Waals surface area contributed by atoms with E-state index < -0.39 is 5.97 Å². The van der Waals surface area contributed by atoms with Gasteiger partial charge < -0.3 is 19.9 Å². The second-order valence-corrected chi connectivity index (χ2v) is 4.24. The predicted octanol–water partition coefficient (Wildman–Crippen LogP) is 1.52. The van der Waals surface area contributed by atoms with Gasteiger partial charge in [0.2, 0.25) is 0 Å². The summed E-state index contributed by atoms with van der Waals surface area (Å²) >= 11 is 0. The van der Waals surface area contributed by atoms with Gasteiger partial charge in [-0.25, -0.2) is 4.79 Å². The highest BCUT2D eigenvalue weighted by molar-refractivity contribution is 5.88. The zero-order chi connectivity index (χ0) is 13.0. The number of ether oxygens (including phenoxy) is 2. The van der Waals surface area contributed by atoms with E-state index in [1.807, 2.05) is 0 Å². The molecule has 0 aromatic heterocycles. The lowest BCUT2D eigenvalue weighted by Gasteiger charge is -2.24. The molecular formula is C13H17NO4. The summed E-state index contributed by atoms with van der Waals surface area (Å²) in [4.78, 5) is 10.9. The first kappa shape index (κ1) is 12.7. The molecule has 5 heteroatoms. The van der Waals surface area contributed by atoms with Gasteiger partial charge in [-0.05, 0) is 44.1 Å². The van der Waals surface area contributed by atoms with E-state index in [-0.39, 0.29) is 11.7 Å². The van der Waals surface area contributed by atoms with E-state index in [0.717, 1.165) is 25.9 Å². The van der Waals surface area contributed by atoms with Crippen LogP contribution < -0.4 is 14.8 Å². The third-order valence-electron chi connectivity index (χ3n) is 2.99. The van der Waals surface area contributed by atoms with Crippen molar-refractivity contribution in [3.05, 3.63) is 23.8 Å². The van der Waals surface area contributed by atoms with Gasteiger partial charge in [-0.15, -0.1) is 0 Å². The normalized spacial score (nSPS) is 16.3. The zero-order valence-corrected chi connectivity index (χ0v) is 10.3. The van der Waals surface area contributed by atoms with Gasteiger partial charge in [0.1, 0.15) is 6.10 Å². The molecule has 0 atom stereocenters. The largest absolute Gasteiger partial charge is 0.493 e.